The fourth-order valence-corrected chi connectivity index (χ4v) is 3.03. The first kappa shape index (κ1) is 25.0. The molecule has 3 N–H and O–H groups in total. The monoisotopic (exact) mass is 444 g/mol. The fraction of sp³-hybridized carbons (Fsp3) is 0.417. The van der Waals surface area contributed by atoms with Crippen LogP contribution in [0.25, 0.3) is 0 Å². The third-order valence-corrected chi connectivity index (χ3v) is 4.56. The number of guanidine groups is 1. The summed E-state index contributed by atoms with van der Waals surface area (Å²) < 4.78 is 24.2. The van der Waals surface area contributed by atoms with Gasteiger partial charge in [-0.3, -0.25) is 9.79 Å². The van der Waals surface area contributed by atoms with Crippen molar-refractivity contribution in [3.05, 3.63) is 59.4 Å². The Hall–Kier alpha value is -3.29. The molecule has 2 aromatic carbocycles. The summed E-state index contributed by atoms with van der Waals surface area (Å²) in [6.07, 6.45) is 1.01. The summed E-state index contributed by atoms with van der Waals surface area (Å²) in [4.78, 5) is 16.2. The number of nitrogens with zero attached hydrogens (tertiary/aromatic N) is 1. The SMILES string of the molecule is CCOc1ccc(CCNC(=NC)NCCNC(=O)Cc2ccc(F)cc2)cc1OCC. The Labute approximate surface area is 189 Å². The average Bonchev–Trinajstić information content (AvgIpc) is 2.79. The predicted octanol–water partition coefficient (Wildman–Crippen LogP) is 2.69. The minimum absolute atomic E-state index is 0.109. The van der Waals surface area contributed by atoms with E-state index in [1.165, 1.54) is 12.1 Å². The molecule has 0 radical (unpaired) electrons. The van der Waals surface area contributed by atoms with E-state index in [-0.39, 0.29) is 18.1 Å². The molecule has 1 amide bonds. The van der Waals surface area contributed by atoms with Crippen molar-refractivity contribution in [3.8, 4) is 11.5 Å². The molecule has 0 bridgehead atoms. The highest BCUT2D eigenvalue weighted by Crippen LogP contribution is 2.28. The first-order chi connectivity index (χ1) is 15.5. The van der Waals surface area contributed by atoms with Crippen LogP contribution in [0.15, 0.2) is 47.5 Å². The van der Waals surface area contributed by atoms with Gasteiger partial charge in [-0.15, -0.1) is 0 Å². The lowest BCUT2D eigenvalue weighted by Crippen LogP contribution is -2.42. The van der Waals surface area contributed by atoms with E-state index in [2.05, 4.69) is 20.9 Å². The zero-order chi connectivity index (χ0) is 23.2. The third-order valence-electron chi connectivity index (χ3n) is 4.56. The molecule has 8 heteroatoms. The summed E-state index contributed by atoms with van der Waals surface area (Å²) in [5, 5.41) is 9.27. The molecule has 0 aliphatic rings. The molecular formula is C24H33FN4O3. The topological polar surface area (TPSA) is 84.0 Å². The van der Waals surface area contributed by atoms with Gasteiger partial charge in [-0.2, -0.15) is 0 Å². The van der Waals surface area contributed by atoms with E-state index < -0.39 is 0 Å². The summed E-state index contributed by atoms with van der Waals surface area (Å²) in [6.45, 7) is 6.75. The van der Waals surface area contributed by atoms with Crippen LogP contribution in [0.2, 0.25) is 0 Å². The Balaban J connectivity index is 1.69. The standard InChI is InChI=1S/C24H33FN4O3/c1-4-31-21-11-8-19(16-22(21)32-5-2)12-13-28-24(26-3)29-15-14-27-23(30)17-18-6-9-20(25)10-7-18/h6-11,16H,4-5,12-15,17H2,1-3H3,(H,27,30)(H2,26,28,29). The minimum Gasteiger partial charge on any atom is -0.490 e. The first-order valence-electron chi connectivity index (χ1n) is 10.9. The normalized spacial score (nSPS) is 11.1. The van der Waals surface area contributed by atoms with Crippen LogP contribution in [0, 0.1) is 5.82 Å². The second-order valence-corrected chi connectivity index (χ2v) is 6.98. The minimum atomic E-state index is -0.311. The maximum absolute atomic E-state index is 12.9. The second kappa shape index (κ2) is 13.9. The average molecular weight is 445 g/mol. The molecule has 0 saturated carbocycles. The molecule has 174 valence electrons. The van der Waals surface area contributed by atoms with Crippen molar-refractivity contribution in [1.82, 2.24) is 16.0 Å². The predicted molar refractivity (Wildman–Crippen MR) is 125 cm³/mol. The van der Waals surface area contributed by atoms with Gasteiger partial charge in [0.2, 0.25) is 5.91 Å². The van der Waals surface area contributed by atoms with Gasteiger partial charge < -0.3 is 25.4 Å². The lowest BCUT2D eigenvalue weighted by molar-refractivity contribution is -0.120. The van der Waals surface area contributed by atoms with E-state index in [0.717, 1.165) is 29.0 Å². The van der Waals surface area contributed by atoms with Gasteiger partial charge in [0.25, 0.3) is 0 Å². The van der Waals surface area contributed by atoms with Crippen LogP contribution in [0.5, 0.6) is 11.5 Å². The summed E-state index contributed by atoms with van der Waals surface area (Å²) >= 11 is 0. The second-order valence-electron chi connectivity index (χ2n) is 6.98. The summed E-state index contributed by atoms with van der Waals surface area (Å²) in [5.41, 5.74) is 1.91. The molecule has 0 heterocycles. The van der Waals surface area contributed by atoms with Crippen molar-refractivity contribution >= 4 is 11.9 Å². The van der Waals surface area contributed by atoms with Crippen LogP contribution in [0.1, 0.15) is 25.0 Å². The number of nitrogens with one attached hydrogen (secondary N) is 3. The molecule has 0 aliphatic heterocycles. The molecular weight excluding hydrogens is 411 g/mol. The third kappa shape index (κ3) is 8.83. The highest BCUT2D eigenvalue weighted by atomic mass is 19.1. The van der Waals surface area contributed by atoms with Gasteiger partial charge in [0.15, 0.2) is 17.5 Å². The Bertz CT molecular complexity index is 872. The van der Waals surface area contributed by atoms with E-state index in [1.807, 2.05) is 32.0 Å². The summed E-state index contributed by atoms with van der Waals surface area (Å²) in [5.74, 6) is 1.75. The van der Waals surface area contributed by atoms with Crippen molar-refractivity contribution in [3.63, 3.8) is 0 Å². The van der Waals surface area contributed by atoms with Crippen molar-refractivity contribution < 1.29 is 18.7 Å². The van der Waals surface area contributed by atoms with E-state index in [9.17, 15) is 9.18 Å². The number of carbonyl (C=O) groups excluding carboxylic acids is 1. The van der Waals surface area contributed by atoms with Gasteiger partial charge in [-0.1, -0.05) is 18.2 Å². The highest BCUT2D eigenvalue weighted by Gasteiger charge is 2.07. The molecule has 0 unspecified atom stereocenters. The Morgan fingerprint density at radius 3 is 2.19 bits per heavy atom. The van der Waals surface area contributed by atoms with Gasteiger partial charge >= 0.3 is 0 Å². The molecule has 0 saturated heterocycles. The maximum atomic E-state index is 12.9. The number of hydrogen-bond donors (Lipinski definition) is 3. The van der Waals surface area contributed by atoms with Crippen molar-refractivity contribution in [2.75, 3.05) is 39.9 Å². The maximum Gasteiger partial charge on any atom is 0.224 e. The van der Waals surface area contributed by atoms with Crippen LogP contribution in [-0.4, -0.2) is 51.8 Å². The zero-order valence-electron chi connectivity index (χ0n) is 19.0. The fourth-order valence-electron chi connectivity index (χ4n) is 3.03. The van der Waals surface area contributed by atoms with Crippen molar-refractivity contribution in [1.29, 1.82) is 0 Å². The van der Waals surface area contributed by atoms with E-state index in [1.54, 1.807) is 19.2 Å². The summed E-state index contributed by atoms with van der Waals surface area (Å²) in [7, 11) is 1.70. The number of benzene rings is 2. The quantitative estimate of drug-likeness (QED) is 0.266. The van der Waals surface area contributed by atoms with Crippen LogP contribution < -0.4 is 25.4 Å². The van der Waals surface area contributed by atoms with E-state index in [4.69, 9.17) is 9.47 Å². The van der Waals surface area contributed by atoms with E-state index in [0.29, 0.717) is 38.8 Å². The lowest BCUT2D eigenvalue weighted by atomic mass is 10.1. The number of rotatable bonds is 12. The number of aliphatic imine (C=N–C) groups is 1. The van der Waals surface area contributed by atoms with Crippen LogP contribution in [0.3, 0.4) is 0 Å². The van der Waals surface area contributed by atoms with Crippen molar-refractivity contribution in [2.45, 2.75) is 26.7 Å². The summed E-state index contributed by atoms with van der Waals surface area (Å²) in [6, 6.07) is 11.9. The van der Waals surface area contributed by atoms with Gasteiger partial charge in [-0.25, -0.2) is 4.39 Å². The Morgan fingerprint density at radius 1 is 0.875 bits per heavy atom. The van der Waals surface area contributed by atoms with Crippen LogP contribution in [0.4, 0.5) is 4.39 Å². The lowest BCUT2D eigenvalue weighted by Gasteiger charge is -2.14. The van der Waals surface area contributed by atoms with Gasteiger partial charge in [0, 0.05) is 26.7 Å². The largest absolute Gasteiger partial charge is 0.490 e. The number of carbonyl (C=O) groups is 1. The Kier molecular flexibility index (Phi) is 10.8. The molecule has 7 nitrogen and oxygen atoms in total. The number of hydrogen-bond acceptors (Lipinski definition) is 4. The number of ether oxygens (including phenoxy) is 2. The van der Waals surface area contributed by atoms with Gasteiger partial charge in [0.05, 0.1) is 19.6 Å². The molecule has 0 aromatic heterocycles. The van der Waals surface area contributed by atoms with Gasteiger partial charge in [0.1, 0.15) is 5.82 Å². The molecule has 32 heavy (non-hydrogen) atoms. The Morgan fingerprint density at radius 2 is 1.50 bits per heavy atom. The molecule has 0 spiro atoms. The van der Waals surface area contributed by atoms with Crippen molar-refractivity contribution in [2.24, 2.45) is 4.99 Å². The molecule has 0 aliphatic carbocycles. The molecule has 2 aromatic rings. The zero-order valence-corrected chi connectivity index (χ0v) is 19.0. The molecule has 2 rings (SSSR count). The molecule has 0 atom stereocenters. The van der Waals surface area contributed by atoms with Gasteiger partial charge in [-0.05, 0) is 55.7 Å². The van der Waals surface area contributed by atoms with Crippen LogP contribution in [-0.2, 0) is 17.6 Å². The number of halogens is 1. The van der Waals surface area contributed by atoms with E-state index >= 15 is 0 Å². The first-order valence-corrected chi connectivity index (χ1v) is 10.9. The smallest absolute Gasteiger partial charge is 0.224 e. The van der Waals surface area contributed by atoms with Crippen LogP contribution >= 0.6 is 0 Å². The molecule has 0 fully saturated rings. The highest BCUT2D eigenvalue weighted by molar-refractivity contribution is 5.80. The number of amides is 1.